The number of para-hydroxylation sites is 3. The first-order chi connectivity index (χ1) is 13.7. The molecule has 5 rings (SSSR count). The molecule has 2 aromatic heterocycles. The van der Waals surface area contributed by atoms with E-state index in [2.05, 4.69) is 21.3 Å². The van der Waals surface area contributed by atoms with Crippen molar-refractivity contribution in [2.75, 3.05) is 10.6 Å². The average molecular weight is 386 g/mol. The number of imidazole rings is 1. The number of carbonyl (C=O) groups is 1. The van der Waals surface area contributed by atoms with Gasteiger partial charge in [-0.25, -0.2) is 4.98 Å². The highest BCUT2D eigenvalue weighted by molar-refractivity contribution is 7.10. The van der Waals surface area contributed by atoms with Gasteiger partial charge in [0.25, 0.3) is 5.91 Å². The molecule has 2 aromatic carbocycles. The van der Waals surface area contributed by atoms with Crippen LogP contribution in [0.25, 0.3) is 11.0 Å². The third-order valence-electron chi connectivity index (χ3n) is 4.92. The predicted molar refractivity (Wildman–Crippen MR) is 114 cm³/mol. The van der Waals surface area contributed by atoms with Crippen LogP contribution in [0.5, 0.6) is 0 Å². The molecule has 3 heterocycles. The summed E-state index contributed by atoms with van der Waals surface area (Å²) in [7, 11) is 0. The fourth-order valence-corrected chi connectivity index (χ4v) is 4.52. The van der Waals surface area contributed by atoms with E-state index in [0.29, 0.717) is 5.57 Å². The number of thiophene rings is 1. The molecule has 0 saturated heterocycles. The number of rotatable bonds is 3. The molecule has 0 saturated carbocycles. The molecule has 1 aliphatic heterocycles. The van der Waals surface area contributed by atoms with Crippen LogP contribution in [0.3, 0.4) is 0 Å². The van der Waals surface area contributed by atoms with Crippen LogP contribution in [-0.2, 0) is 4.79 Å². The number of nitrogens with zero attached hydrogens (tertiary/aromatic N) is 2. The number of carbonyl (C=O) groups excluding carboxylic acids is 1. The number of fused-ring (bicyclic) bond motifs is 3. The number of hydrogen-bond donors (Lipinski definition) is 2. The molecule has 1 amide bonds. The largest absolute Gasteiger partial charge is 0.329 e. The van der Waals surface area contributed by atoms with Crippen molar-refractivity contribution in [1.29, 1.82) is 0 Å². The first-order valence-corrected chi connectivity index (χ1v) is 9.95. The average Bonchev–Trinajstić information content (AvgIpc) is 3.35. The molecular weight excluding hydrogens is 368 g/mol. The zero-order valence-corrected chi connectivity index (χ0v) is 16.0. The Kier molecular flexibility index (Phi) is 3.98. The highest BCUT2D eigenvalue weighted by Gasteiger charge is 2.34. The number of benzene rings is 2. The van der Waals surface area contributed by atoms with Crippen molar-refractivity contribution >= 4 is 39.9 Å². The minimum Gasteiger partial charge on any atom is -0.329 e. The van der Waals surface area contributed by atoms with E-state index >= 15 is 0 Å². The lowest BCUT2D eigenvalue weighted by molar-refractivity contribution is -0.113. The molecule has 28 heavy (non-hydrogen) atoms. The molecule has 0 fully saturated rings. The van der Waals surface area contributed by atoms with Crippen LogP contribution in [0.1, 0.15) is 17.8 Å². The van der Waals surface area contributed by atoms with Crippen molar-refractivity contribution in [3.05, 3.63) is 88.3 Å². The Bertz CT molecular complexity index is 1190. The molecule has 0 bridgehead atoms. The molecular formula is C22H18N4OS. The molecule has 0 aliphatic carbocycles. The number of hydrogen-bond acceptors (Lipinski definition) is 4. The van der Waals surface area contributed by atoms with E-state index in [1.54, 1.807) is 11.3 Å². The monoisotopic (exact) mass is 386 g/mol. The van der Waals surface area contributed by atoms with Gasteiger partial charge >= 0.3 is 0 Å². The third-order valence-corrected chi connectivity index (χ3v) is 5.84. The lowest BCUT2D eigenvalue weighted by Crippen LogP contribution is -2.30. The molecule has 0 radical (unpaired) electrons. The van der Waals surface area contributed by atoms with Crippen LogP contribution in [0, 0.1) is 0 Å². The molecule has 138 valence electrons. The van der Waals surface area contributed by atoms with Crippen LogP contribution in [0.2, 0.25) is 0 Å². The lowest BCUT2D eigenvalue weighted by atomic mass is 10.00. The Morgan fingerprint density at radius 2 is 1.86 bits per heavy atom. The summed E-state index contributed by atoms with van der Waals surface area (Å²) in [6.07, 6.45) is 0. The Balaban J connectivity index is 1.66. The number of allylic oxidation sites excluding steroid dienone is 1. The van der Waals surface area contributed by atoms with Crippen molar-refractivity contribution in [2.45, 2.75) is 13.0 Å². The van der Waals surface area contributed by atoms with E-state index in [1.165, 1.54) is 0 Å². The van der Waals surface area contributed by atoms with Gasteiger partial charge in [-0.2, -0.15) is 0 Å². The van der Waals surface area contributed by atoms with E-state index in [4.69, 9.17) is 4.98 Å². The van der Waals surface area contributed by atoms with Crippen LogP contribution >= 0.6 is 11.3 Å². The van der Waals surface area contributed by atoms with E-state index < -0.39 is 0 Å². The maximum Gasteiger partial charge on any atom is 0.255 e. The second-order valence-corrected chi connectivity index (χ2v) is 7.68. The van der Waals surface area contributed by atoms with Crippen LogP contribution in [-0.4, -0.2) is 15.5 Å². The van der Waals surface area contributed by atoms with E-state index in [-0.39, 0.29) is 11.9 Å². The summed E-state index contributed by atoms with van der Waals surface area (Å²) in [4.78, 5) is 19.1. The van der Waals surface area contributed by atoms with Crippen LogP contribution in [0.15, 0.2) is 83.4 Å². The molecule has 4 aromatic rings. The maximum atomic E-state index is 13.3. The molecule has 5 nitrogen and oxygen atoms in total. The van der Waals surface area contributed by atoms with Crippen molar-refractivity contribution in [3.8, 4) is 0 Å². The summed E-state index contributed by atoms with van der Waals surface area (Å²) in [6, 6.07) is 21.4. The minimum absolute atomic E-state index is 0.113. The minimum atomic E-state index is -0.229. The summed E-state index contributed by atoms with van der Waals surface area (Å²) in [5.41, 5.74) is 4.19. The first kappa shape index (κ1) is 16.8. The van der Waals surface area contributed by atoms with Crippen molar-refractivity contribution < 1.29 is 4.79 Å². The van der Waals surface area contributed by atoms with Gasteiger partial charge in [0, 0.05) is 16.3 Å². The maximum absolute atomic E-state index is 13.3. The smallest absolute Gasteiger partial charge is 0.255 e. The van der Waals surface area contributed by atoms with E-state index in [9.17, 15) is 4.79 Å². The van der Waals surface area contributed by atoms with Crippen LogP contribution in [0.4, 0.5) is 11.6 Å². The van der Waals surface area contributed by atoms with Gasteiger partial charge < -0.3 is 10.6 Å². The molecule has 0 unspecified atom stereocenters. The molecule has 0 spiro atoms. The summed E-state index contributed by atoms with van der Waals surface area (Å²) >= 11 is 1.64. The van der Waals surface area contributed by atoms with Gasteiger partial charge in [0.05, 0.1) is 16.6 Å². The Hall–Kier alpha value is -3.38. The Morgan fingerprint density at radius 3 is 2.64 bits per heavy atom. The molecule has 1 atom stereocenters. The van der Waals surface area contributed by atoms with Gasteiger partial charge in [-0.3, -0.25) is 9.36 Å². The quantitative estimate of drug-likeness (QED) is 0.519. The number of aromatic nitrogens is 2. The Labute approximate surface area is 166 Å². The normalized spacial score (nSPS) is 16.0. The summed E-state index contributed by atoms with van der Waals surface area (Å²) < 4.78 is 2.12. The SMILES string of the molecule is CC1=C(C(=O)Nc2ccccc2)[C@@H](c2cccs2)n2c(nc3ccccc32)N1. The fraction of sp³-hybridized carbons (Fsp3) is 0.0909. The van der Waals surface area contributed by atoms with Crippen LogP contribution < -0.4 is 10.6 Å². The summed E-state index contributed by atoms with van der Waals surface area (Å²) in [5.74, 6) is 0.645. The third kappa shape index (κ3) is 2.70. The Morgan fingerprint density at radius 1 is 1.07 bits per heavy atom. The summed E-state index contributed by atoms with van der Waals surface area (Å²) in [5, 5.41) is 8.41. The zero-order valence-electron chi connectivity index (χ0n) is 15.2. The fourth-order valence-electron chi connectivity index (χ4n) is 3.69. The van der Waals surface area contributed by atoms with E-state index in [0.717, 1.165) is 33.2 Å². The van der Waals surface area contributed by atoms with Crippen molar-refractivity contribution in [1.82, 2.24) is 9.55 Å². The van der Waals surface area contributed by atoms with Gasteiger partial charge in [0.2, 0.25) is 5.95 Å². The number of nitrogens with one attached hydrogen (secondary N) is 2. The second-order valence-electron chi connectivity index (χ2n) is 6.70. The van der Waals surface area contributed by atoms with Crippen molar-refractivity contribution in [2.24, 2.45) is 0 Å². The molecule has 2 N–H and O–H groups in total. The van der Waals surface area contributed by atoms with E-state index in [1.807, 2.05) is 73.0 Å². The van der Waals surface area contributed by atoms with Crippen molar-refractivity contribution in [3.63, 3.8) is 0 Å². The number of anilines is 2. The lowest BCUT2D eigenvalue weighted by Gasteiger charge is -2.29. The number of amides is 1. The first-order valence-electron chi connectivity index (χ1n) is 9.07. The second kappa shape index (κ2) is 6.65. The molecule has 1 aliphatic rings. The van der Waals surface area contributed by atoms with Gasteiger partial charge in [0.15, 0.2) is 0 Å². The zero-order chi connectivity index (χ0) is 19.1. The molecule has 6 heteroatoms. The standard InChI is InChI=1S/C22H18N4OS/c1-14-19(21(27)24-15-8-3-2-4-9-15)20(18-12-7-13-28-18)26-17-11-6-5-10-16(17)25-22(26)23-14/h2-13,20H,1H3,(H,23,25)(H,24,27)/t20-/m1/s1. The predicted octanol–water partition coefficient (Wildman–Crippen LogP) is 5.03. The van der Waals surface area contributed by atoms with Gasteiger partial charge in [-0.05, 0) is 42.6 Å². The van der Waals surface area contributed by atoms with Gasteiger partial charge in [-0.1, -0.05) is 36.4 Å². The van der Waals surface area contributed by atoms with Gasteiger partial charge in [-0.15, -0.1) is 11.3 Å². The highest BCUT2D eigenvalue weighted by Crippen LogP contribution is 2.40. The summed E-state index contributed by atoms with van der Waals surface area (Å²) in [6.45, 7) is 1.93. The highest BCUT2D eigenvalue weighted by atomic mass is 32.1. The topological polar surface area (TPSA) is 59.0 Å². The van der Waals surface area contributed by atoms with Gasteiger partial charge in [0.1, 0.15) is 6.04 Å².